The first kappa shape index (κ1) is 19.2. The molecule has 0 aromatic heterocycles. The molecule has 22 heavy (non-hydrogen) atoms. The second-order valence-corrected chi connectivity index (χ2v) is 8.10. The Kier molecular flexibility index (Phi) is 6.61. The molecule has 0 radical (unpaired) electrons. The highest BCUT2D eigenvalue weighted by molar-refractivity contribution is 5.87. The van der Waals surface area contributed by atoms with Crippen molar-refractivity contribution in [1.82, 2.24) is 0 Å². The predicted molar refractivity (Wildman–Crippen MR) is 93.7 cm³/mol. The van der Waals surface area contributed by atoms with E-state index in [1.165, 1.54) is 5.57 Å². The van der Waals surface area contributed by atoms with E-state index < -0.39 is 11.0 Å². The van der Waals surface area contributed by atoms with Crippen LogP contribution in [0, 0.1) is 17.3 Å². The highest BCUT2D eigenvalue weighted by Gasteiger charge is 2.38. The minimum Gasteiger partial charge on any atom is -0.386 e. The van der Waals surface area contributed by atoms with Gasteiger partial charge in [-0.3, -0.25) is 4.79 Å². The molecule has 2 heteroatoms. The smallest absolute Gasteiger partial charge is 0.142 e. The number of hydrogen-bond donors (Lipinski definition) is 1. The van der Waals surface area contributed by atoms with E-state index in [4.69, 9.17) is 0 Å². The SMILES string of the molecule is CC(C)=CCCC(C)(O)C=CC1(C)CCC(C(C)C)CC1=O. The Morgan fingerprint density at radius 2 is 2.09 bits per heavy atom. The van der Waals surface area contributed by atoms with Gasteiger partial charge in [-0.25, -0.2) is 0 Å². The van der Waals surface area contributed by atoms with Gasteiger partial charge >= 0.3 is 0 Å². The van der Waals surface area contributed by atoms with Crippen molar-refractivity contribution >= 4 is 5.78 Å². The van der Waals surface area contributed by atoms with Crippen molar-refractivity contribution in [3.63, 3.8) is 0 Å². The molecule has 1 fully saturated rings. The first-order valence-electron chi connectivity index (χ1n) is 8.65. The molecule has 2 nitrogen and oxygen atoms in total. The van der Waals surface area contributed by atoms with Crippen LogP contribution < -0.4 is 0 Å². The minimum absolute atomic E-state index is 0.328. The minimum atomic E-state index is -0.843. The number of Topliss-reactive ketones (excluding diaryl/α,β-unsaturated/α-hetero) is 1. The molecule has 3 unspecified atom stereocenters. The van der Waals surface area contributed by atoms with Gasteiger partial charge in [0.25, 0.3) is 0 Å². The maximum absolute atomic E-state index is 12.5. The molecule has 126 valence electrons. The van der Waals surface area contributed by atoms with Crippen molar-refractivity contribution in [2.45, 2.75) is 79.2 Å². The van der Waals surface area contributed by atoms with Crippen molar-refractivity contribution < 1.29 is 9.90 Å². The van der Waals surface area contributed by atoms with Gasteiger partial charge in [-0.1, -0.05) is 37.6 Å². The predicted octanol–water partition coefficient (Wildman–Crippen LogP) is 5.07. The van der Waals surface area contributed by atoms with Crippen LogP contribution >= 0.6 is 0 Å². The second kappa shape index (κ2) is 7.59. The van der Waals surface area contributed by atoms with Gasteiger partial charge in [-0.15, -0.1) is 0 Å². The highest BCUT2D eigenvalue weighted by Crippen LogP contribution is 2.40. The molecule has 1 aliphatic rings. The summed E-state index contributed by atoms with van der Waals surface area (Å²) in [4.78, 5) is 12.5. The third kappa shape index (κ3) is 5.72. The molecule has 1 N–H and O–H groups in total. The van der Waals surface area contributed by atoms with E-state index in [9.17, 15) is 9.90 Å². The lowest BCUT2D eigenvalue weighted by Gasteiger charge is -2.36. The van der Waals surface area contributed by atoms with Crippen LogP contribution in [0.25, 0.3) is 0 Å². The van der Waals surface area contributed by atoms with Gasteiger partial charge < -0.3 is 5.11 Å². The summed E-state index contributed by atoms with van der Waals surface area (Å²) in [6.45, 7) is 12.4. The summed E-state index contributed by atoms with van der Waals surface area (Å²) in [7, 11) is 0. The Labute approximate surface area is 136 Å². The molecular formula is C20H34O2. The standard InChI is InChI=1S/C20H34O2/c1-15(2)8-7-10-20(6,22)13-12-19(5)11-9-17(16(3)4)14-18(19)21/h8,12-13,16-17,22H,7,9-11,14H2,1-6H3. The summed E-state index contributed by atoms with van der Waals surface area (Å²) >= 11 is 0. The van der Waals surface area contributed by atoms with Gasteiger partial charge in [-0.2, -0.15) is 0 Å². The number of aliphatic hydroxyl groups is 1. The number of allylic oxidation sites excluding steroid dienone is 3. The summed E-state index contributed by atoms with van der Waals surface area (Å²) < 4.78 is 0. The van der Waals surface area contributed by atoms with E-state index in [1.54, 1.807) is 0 Å². The average molecular weight is 306 g/mol. The number of carbonyl (C=O) groups is 1. The topological polar surface area (TPSA) is 37.3 Å². The van der Waals surface area contributed by atoms with E-state index in [0.29, 0.717) is 30.5 Å². The van der Waals surface area contributed by atoms with Crippen molar-refractivity contribution in [3.8, 4) is 0 Å². The van der Waals surface area contributed by atoms with Crippen LogP contribution in [0.5, 0.6) is 0 Å². The van der Waals surface area contributed by atoms with Crippen LogP contribution in [0.3, 0.4) is 0 Å². The molecular weight excluding hydrogens is 272 g/mol. The fourth-order valence-corrected chi connectivity index (χ4v) is 3.04. The van der Waals surface area contributed by atoms with Crippen LogP contribution in [-0.4, -0.2) is 16.5 Å². The normalized spacial score (nSPS) is 28.9. The summed E-state index contributed by atoms with van der Waals surface area (Å²) in [5, 5.41) is 10.5. The van der Waals surface area contributed by atoms with Crippen molar-refractivity contribution in [2.75, 3.05) is 0 Å². The molecule has 0 aromatic rings. The first-order chi connectivity index (χ1) is 10.1. The van der Waals surface area contributed by atoms with E-state index in [2.05, 4.69) is 33.8 Å². The second-order valence-electron chi connectivity index (χ2n) is 8.10. The summed E-state index contributed by atoms with van der Waals surface area (Å²) in [6, 6.07) is 0. The molecule has 0 amide bonds. The van der Waals surface area contributed by atoms with Crippen LogP contribution in [0.4, 0.5) is 0 Å². The zero-order valence-electron chi connectivity index (χ0n) is 15.3. The molecule has 1 rings (SSSR count). The zero-order chi connectivity index (χ0) is 17.0. The molecule has 3 atom stereocenters. The Morgan fingerprint density at radius 3 is 2.59 bits per heavy atom. The lowest BCUT2D eigenvalue weighted by Crippen LogP contribution is -2.35. The lowest BCUT2D eigenvalue weighted by atomic mass is 9.67. The van der Waals surface area contributed by atoms with Gasteiger partial charge in [0.15, 0.2) is 0 Å². The van der Waals surface area contributed by atoms with Gasteiger partial charge in [0, 0.05) is 11.8 Å². The molecule has 1 saturated carbocycles. The van der Waals surface area contributed by atoms with Crippen LogP contribution in [0.2, 0.25) is 0 Å². The van der Waals surface area contributed by atoms with Crippen LogP contribution in [-0.2, 0) is 4.79 Å². The monoisotopic (exact) mass is 306 g/mol. The number of ketones is 1. The fourth-order valence-electron chi connectivity index (χ4n) is 3.04. The third-order valence-corrected chi connectivity index (χ3v) is 5.08. The number of rotatable bonds is 6. The first-order valence-corrected chi connectivity index (χ1v) is 8.65. The molecule has 0 bridgehead atoms. The highest BCUT2D eigenvalue weighted by atomic mass is 16.3. The van der Waals surface area contributed by atoms with Crippen LogP contribution in [0.15, 0.2) is 23.8 Å². The van der Waals surface area contributed by atoms with Crippen molar-refractivity contribution in [1.29, 1.82) is 0 Å². The summed E-state index contributed by atoms with van der Waals surface area (Å²) in [6.07, 6.45) is 10.2. The Bertz CT molecular complexity index is 439. The average Bonchev–Trinajstić information content (AvgIpc) is 2.39. The Hall–Kier alpha value is -0.890. The quantitative estimate of drug-likeness (QED) is 0.695. The maximum atomic E-state index is 12.5. The molecule has 0 saturated heterocycles. The van der Waals surface area contributed by atoms with E-state index in [-0.39, 0.29) is 0 Å². The van der Waals surface area contributed by atoms with Gasteiger partial charge in [0.2, 0.25) is 0 Å². The molecule has 0 aliphatic heterocycles. The van der Waals surface area contributed by atoms with Crippen molar-refractivity contribution in [2.24, 2.45) is 17.3 Å². The summed E-state index contributed by atoms with van der Waals surface area (Å²) in [5.41, 5.74) is 0.0321. The zero-order valence-corrected chi connectivity index (χ0v) is 15.3. The molecule has 0 spiro atoms. The van der Waals surface area contributed by atoms with Gasteiger partial charge in [-0.05, 0) is 65.2 Å². The largest absolute Gasteiger partial charge is 0.386 e. The number of hydrogen-bond acceptors (Lipinski definition) is 2. The Balaban J connectivity index is 2.67. The fraction of sp³-hybridized carbons (Fsp3) is 0.750. The lowest BCUT2D eigenvalue weighted by molar-refractivity contribution is -0.129. The molecule has 1 aliphatic carbocycles. The van der Waals surface area contributed by atoms with Gasteiger partial charge in [0.1, 0.15) is 5.78 Å². The molecule has 0 aromatic carbocycles. The third-order valence-electron chi connectivity index (χ3n) is 5.08. The maximum Gasteiger partial charge on any atom is 0.142 e. The van der Waals surface area contributed by atoms with E-state index >= 15 is 0 Å². The van der Waals surface area contributed by atoms with Crippen molar-refractivity contribution in [3.05, 3.63) is 23.8 Å². The number of carbonyl (C=O) groups excluding carboxylic acids is 1. The van der Waals surface area contributed by atoms with E-state index in [1.807, 2.05) is 26.0 Å². The Morgan fingerprint density at radius 1 is 1.45 bits per heavy atom. The summed E-state index contributed by atoms with van der Waals surface area (Å²) in [5.74, 6) is 1.42. The van der Waals surface area contributed by atoms with Gasteiger partial charge in [0.05, 0.1) is 5.60 Å². The van der Waals surface area contributed by atoms with Crippen LogP contribution in [0.1, 0.15) is 73.6 Å². The van der Waals surface area contributed by atoms with E-state index in [0.717, 1.165) is 19.3 Å². The molecule has 0 heterocycles.